The van der Waals surface area contributed by atoms with Gasteiger partial charge in [0.05, 0.1) is 35.5 Å². The Labute approximate surface area is 217 Å². The Balaban J connectivity index is 1.32. The van der Waals surface area contributed by atoms with Crippen LogP contribution in [0.3, 0.4) is 0 Å². The third-order valence-electron chi connectivity index (χ3n) is 6.57. The molecule has 3 N–H and O–H groups in total. The number of fused-ring (bicyclic) bond motifs is 1. The minimum absolute atomic E-state index is 0.0959. The van der Waals surface area contributed by atoms with Crippen molar-refractivity contribution in [1.82, 2.24) is 30.2 Å². The molecule has 1 amide bonds. The van der Waals surface area contributed by atoms with Crippen molar-refractivity contribution in [3.63, 3.8) is 0 Å². The highest BCUT2D eigenvalue weighted by atomic mass is 16.6. The van der Waals surface area contributed by atoms with Crippen LogP contribution in [0.1, 0.15) is 64.6 Å². The van der Waals surface area contributed by atoms with E-state index in [1.807, 2.05) is 33.0 Å². The first-order chi connectivity index (χ1) is 17.8. The molecule has 2 aromatic heterocycles. The lowest BCUT2D eigenvalue weighted by atomic mass is 10.0. The number of ether oxygens (including phenoxy) is 1. The number of nitrogens with zero attached hydrogens (tertiary/aromatic N) is 3. The molecule has 0 bridgehead atoms. The van der Waals surface area contributed by atoms with E-state index in [-0.39, 0.29) is 12.1 Å². The van der Waals surface area contributed by atoms with Gasteiger partial charge in [0.2, 0.25) is 0 Å². The normalized spacial score (nSPS) is 16.0. The first kappa shape index (κ1) is 25.0. The zero-order valence-corrected chi connectivity index (χ0v) is 22.1. The van der Waals surface area contributed by atoms with Gasteiger partial charge in [-0.2, -0.15) is 0 Å². The highest BCUT2D eigenvalue weighted by Crippen LogP contribution is 2.34. The molecule has 5 rings (SSSR count). The lowest BCUT2D eigenvalue weighted by molar-refractivity contribution is 0.0219. The zero-order chi connectivity index (χ0) is 26.0. The number of amides is 1. The van der Waals surface area contributed by atoms with Crippen LogP contribution in [0.25, 0.3) is 33.4 Å². The number of H-pyrrole nitrogens is 2. The first-order valence-corrected chi connectivity index (χ1v) is 13.2. The molecule has 3 heterocycles. The molecule has 1 atom stereocenters. The second-order valence-corrected chi connectivity index (χ2v) is 10.7. The zero-order valence-electron chi connectivity index (χ0n) is 22.1. The molecular formula is C29H36N6O2. The highest BCUT2D eigenvalue weighted by molar-refractivity contribution is 5.82. The van der Waals surface area contributed by atoms with Crippen LogP contribution < -0.4 is 5.32 Å². The lowest BCUT2D eigenvalue weighted by Gasteiger charge is -2.27. The summed E-state index contributed by atoms with van der Waals surface area (Å²) in [4.78, 5) is 30.7. The van der Waals surface area contributed by atoms with Crippen molar-refractivity contribution in [3.8, 4) is 22.4 Å². The minimum atomic E-state index is -0.520. The molecule has 1 aliphatic heterocycles. The maximum Gasteiger partial charge on any atom is 0.410 e. The monoisotopic (exact) mass is 500 g/mol. The summed E-state index contributed by atoms with van der Waals surface area (Å²) in [6.45, 7) is 10.2. The summed E-state index contributed by atoms with van der Waals surface area (Å²) in [5, 5.41) is 3.37. The number of imidazole rings is 2. The first-order valence-electron chi connectivity index (χ1n) is 13.2. The largest absolute Gasteiger partial charge is 0.444 e. The van der Waals surface area contributed by atoms with E-state index in [1.54, 1.807) is 4.90 Å². The Kier molecular flexibility index (Phi) is 7.02. The molecular weight excluding hydrogens is 464 g/mol. The maximum absolute atomic E-state index is 12.7. The van der Waals surface area contributed by atoms with Crippen LogP contribution >= 0.6 is 0 Å². The average Bonchev–Trinajstić information content (AvgIpc) is 3.62. The van der Waals surface area contributed by atoms with Crippen LogP contribution in [0.15, 0.2) is 48.7 Å². The number of hydrogen-bond donors (Lipinski definition) is 3. The van der Waals surface area contributed by atoms with Gasteiger partial charge in [0, 0.05) is 6.54 Å². The van der Waals surface area contributed by atoms with Crippen molar-refractivity contribution < 1.29 is 9.53 Å². The Morgan fingerprint density at radius 1 is 1.11 bits per heavy atom. The van der Waals surface area contributed by atoms with Gasteiger partial charge in [-0.25, -0.2) is 14.8 Å². The van der Waals surface area contributed by atoms with E-state index in [2.05, 4.69) is 63.6 Å². The molecule has 0 saturated carbocycles. The summed E-state index contributed by atoms with van der Waals surface area (Å²) in [5.41, 5.74) is 5.69. The summed E-state index contributed by atoms with van der Waals surface area (Å²) < 4.78 is 5.63. The number of aromatic amines is 2. The fourth-order valence-electron chi connectivity index (χ4n) is 4.78. The molecule has 194 valence electrons. The van der Waals surface area contributed by atoms with E-state index in [4.69, 9.17) is 9.72 Å². The molecule has 0 radical (unpaired) electrons. The average molecular weight is 501 g/mol. The molecule has 0 aliphatic carbocycles. The predicted octanol–water partition coefficient (Wildman–Crippen LogP) is 6.19. The molecule has 1 fully saturated rings. The van der Waals surface area contributed by atoms with Crippen molar-refractivity contribution in [3.05, 3.63) is 60.3 Å². The molecule has 1 aliphatic rings. The summed E-state index contributed by atoms with van der Waals surface area (Å²) >= 11 is 0. The van der Waals surface area contributed by atoms with Gasteiger partial charge in [0.15, 0.2) is 0 Å². The summed E-state index contributed by atoms with van der Waals surface area (Å²) in [7, 11) is 0. The fraction of sp³-hybridized carbons (Fsp3) is 0.414. The molecule has 37 heavy (non-hydrogen) atoms. The van der Waals surface area contributed by atoms with Crippen molar-refractivity contribution in [2.75, 3.05) is 13.1 Å². The molecule has 4 aromatic rings. The predicted molar refractivity (Wildman–Crippen MR) is 146 cm³/mol. The van der Waals surface area contributed by atoms with Crippen LogP contribution in [-0.4, -0.2) is 49.6 Å². The van der Waals surface area contributed by atoms with Gasteiger partial charge in [-0.05, 0) is 75.4 Å². The number of carbonyl (C=O) groups is 1. The number of aromatic nitrogens is 4. The number of rotatable bonds is 7. The van der Waals surface area contributed by atoms with E-state index in [9.17, 15) is 4.79 Å². The molecule has 0 spiro atoms. The minimum Gasteiger partial charge on any atom is -0.444 e. The van der Waals surface area contributed by atoms with E-state index in [0.29, 0.717) is 6.54 Å². The standard InChI is InChI=1S/C29H36N6O2/c1-5-14-30-18-26-31-17-24(32-26)20-10-8-19(9-11-20)21-12-13-22-23(16-21)34-27(33-22)25-7-6-15-35(25)28(36)37-29(2,3)4/h8-13,16-17,25,30H,5-7,14-15,18H2,1-4H3,(H,31,32)(H,33,34)/t25-/m0/s1. The van der Waals surface area contributed by atoms with E-state index >= 15 is 0 Å². The highest BCUT2D eigenvalue weighted by Gasteiger charge is 2.35. The van der Waals surface area contributed by atoms with Gasteiger partial charge in [-0.1, -0.05) is 37.3 Å². The third-order valence-corrected chi connectivity index (χ3v) is 6.57. The topological polar surface area (TPSA) is 98.9 Å². The van der Waals surface area contributed by atoms with Crippen LogP contribution in [0.5, 0.6) is 0 Å². The Hall–Kier alpha value is -3.65. The van der Waals surface area contributed by atoms with E-state index in [1.165, 1.54) is 0 Å². The van der Waals surface area contributed by atoms with Crippen molar-refractivity contribution >= 4 is 17.1 Å². The van der Waals surface area contributed by atoms with Gasteiger partial charge in [0.25, 0.3) is 0 Å². The number of nitrogens with one attached hydrogen (secondary N) is 3. The summed E-state index contributed by atoms with van der Waals surface area (Å²) in [6, 6.07) is 14.7. The Morgan fingerprint density at radius 3 is 2.62 bits per heavy atom. The van der Waals surface area contributed by atoms with Gasteiger partial charge in [-0.3, -0.25) is 4.90 Å². The smallest absolute Gasteiger partial charge is 0.410 e. The van der Waals surface area contributed by atoms with Crippen LogP contribution in [0, 0.1) is 0 Å². The quantitative estimate of drug-likeness (QED) is 0.263. The number of carbonyl (C=O) groups excluding carboxylic acids is 1. The van der Waals surface area contributed by atoms with E-state index in [0.717, 1.165) is 77.4 Å². The third kappa shape index (κ3) is 5.69. The SMILES string of the molecule is CCCNCc1ncc(-c2ccc(-c3ccc4nc([C@@H]5CCCN5C(=O)OC(C)(C)C)[nH]c4c3)cc2)[nH]1. The number of likely N-dealkylation sites (tertiary alicyclic amines) is 1. The molecule has 2 aromatic carbocycles. The number of hydrogen-bond acceptors (Lipinski definition) is 5. The van der Waals surface area contributed by atoms with Crippen LogP contribution in [0.2, 0.25) is 0 Å². The Bertz CT molecular complexity index is 1370. The second kappa shape index (κ2) is 10.4. The van der Waals surface area contributed by atoms with Crippen LogP contribution in [-0.2, 0) is 11.3 Å². The van der Waals surface area contributed by atoms with Gasteiger partial charge in [0.1, 0.15) is 17.2 Å². The summed E-state index contributed by atoms with van der Waals surface area (Å²) in [6.07, 6.45) is 4.52. The van der Waals surface area contributed by atoms with Gasteiger partial charge in [-0.15, -0.1) is 0 Å². The fourth-order valence-corrected chi connectivity index (χ4v) is 4.78. The van der Waals surface area contributed by atoms with Gasteiger partial charge < -0.3 is 20.0 Å². The van der Waals surface area contributed by atoms with E-state index < -0.39 is 5.60 Å². The number of benzene rings is 2. The maximum atomic E-state index is 12.7. The van der Waals surface area contributed by atoms with Crippen molar-refractivity contribution in [1.29, 1.82) is 0 Å². The lowest BCUT2D eigenvalue weighted by Crippen LogP contribution is -2.36. The molecule has 0 unspecified atom stereocenters. The van der Waals surface area contributed by atoms with Gasteiger partial charge >= 0.3 is 6.09 Å². The molecule has 8 nitrogen and oxygen atoms in total. The van der Waals surface area contributed by atoms with Crippen molar-refractivity contribution in [2.45, 2.75) is 65.1 Å². The summed E-state index contributed by atoms with van der Waals surface area (Å²) in [5.74, 6) is 1.76. The van der Waals surface area contributed by atoms with Crippen molar-refractivity contribution in [2.24, 2.45) is 0 Å². The molecule has 1 saturated heterocycles. The Morgan fingerprint density at radius 2 is 1.86 bits per heavy atom. The van der Waals surface area contributed by atoms with Crippen LogP contribution in [0.4, 0.5) is 4.79 Å². The second-order valence-electron chi connectivity index (χ2n) is 10.7. The molecule has 8 heteroatoms.